The summed E-state index contributed by atoms with van der Waals surface area (Å²) in [5, 5.41) is 0.716. The standard InChI is InChI=1S/C23H26BrN3O3S/c1-17-5-2-3-6-20(17)30-16-22(28)27(10-4-9-26-11-13-29-14-12-26)23-25-19-8-7-18(24)15-21(19)31-23/h2-3,5-8,15H,4,9-14,16H2,1H3. The van der Waals surface area contributed by atoms with Gasteiger partial charge in [-0.2, -0.15) is 0 Å². The van der Waals surface area contributed by atoms with Crippen molar-refractivity contribution in [3.63, 3.8) is 0 Å². The molecule has 8 heteroatoms. The third kappa shape index (κ3) is 5.83. The number of carbonyl (C=O) groups is 1. The molecule has 31 heavy (non-hydrogen) atoms. The van der Waals surface area contributed by atoms with Crippen LogP contribution >= 0.6 is 27.3 Å². The smallest absolute Gasteiger partial charge is 0.266 e. The van der Waals surface area contributed by atoms with E-state index < -0.39 is 0 Å². The van der Waals surface area contributed by atoms with Gasteiger partial charge in [0.1, 0.15) is 5.75 Å². The first-order valence-electron chi connectivity index (χ1n) is 10.4. The van der Waals surface area contributed by atoms with E-state index in [2.05, 4.69) is 20.8 Å². The van der Waals surface area contributed by atoms with E-state index in [4.69, 9.17) is 14.5 Å². The summed E-state index contributed by atoms with van der Waals surface area (Å²) < 4.78 is 13.3. The number of carbonyl (C=O) groups excluding carboxylic acids is 1. The Bertz CT molecular complexity index is 1040. The van der Waals surface area contributed by atoms with Gasteiger partial charge in [-0.05, 0) is 43.2 Å². The van der Waals surface area contributed by atoms with Gasteiger partial charge in [0.25, 0.3) is 5.91 Å². The number of aromatic nitrogens is 1. The van der Waals surface area contributed by atoms with E-state index in [0.29, 0.717) is 11.7 Å². The first-order valence-corrected chi connectivity index (χ1v) is 12.1. The van der Waals surface area contributed by atoms with Gasteiger partial charge in [0.2, 0.25) is 0 Å². The number of morpholine rings is 1. The van der Waals surface area contributed by atoms with Crippen LogP contribution in [0, 0.1) is 6.92 Å². The molecule has 164 valence electrons. The second kappa shape index (κ2) is 10.5. The van der Waals surface area contributed by atoms with Gasteiger partial charge in [0.05, 0.1) is 23.4 Å². The van der Waals surface area contributed by atoms with Crippen molar-refractivity contribution in [1.82, 2.24) is 9.88 Å². The summed E-state index contributed by atoms with van der Waals surface area (Å²) in [6, 6.07) is 13.7. The molecule has 2 heterocycles. The number of hydrogen-bond donors (Lipinski definition) is 0. The fourth-order valence-corrected chi connectivity index (χ4v) is 5.10. The van der Waals surface area contributed by atoms with Gasteiger partial charge >= 0.3 is 0 Å². The molecule has 1 fully saturated rings. The van der Waals surface area contributed by atoms with Crippen LogP contribution in [0.25, 0.3) is 10.2 Å². The summed E-state index contributed by atoms with van der Waals surface area (Å²) in [5.74, 6) is 0.653. The second-order valence-corrected chi connectivity index (χ2v) is 9.44. The third-order valence-corrected chi connectivity index (χ3v) is 6.81. The number of halogens is 1. The average Bonchev–Trinajstić information content (AvgIpc) is 3.19. The zero-order valence-electron chi connectivity index (χ0n) is 17.6. The average molecular weight is 504 g/mol. The molecule has 1 aromatic heterocycles. The Morgan fingerprint density at radius 2 is 2.06 bits per heavy atom. The molecule has 1 saturated heterocycles. The zero-order chi connectivity index (χ0) is 21.6. The van der Waals surface area contributed by atoms with Gasteiger partial charge in [-0.3, -0.25) is 14.6 Å². The fraction of sp³-hybridized carbons (Fsp3) is 0.391. The summed E-state index contributed by atoms with van der Waals surface area (Å²) in [5.41, 5.74) is 1.91. The molecular weight excluding hydrogens is 478 g/mol. The van der Waals surface area contributed by atoms with E-state index in [0.717, 1.165) is 65.3 Å². The highest BCUT2D eigenvalue weighted by molar-refractivity contribution is 9.10. The normalized spacial score (nSPS) is 14.6. The fourth-order valence-electron chi connectivity index (χ4n) is 3.54. The molecular formula is C23H26BrN3O3S. The minimum atomic E-state index is -0.0802. The largest absolute Gasteiger partial charge is 0.483 e. The van der Waals surface area contributed by atoms with Crippen LogP contribution in [0.15, 0.2) is 46.9 Å². The Hall–Kier alpha value is -2.00. The lowest BCUT2D eigenvalue weighted by atomic mass is 10.2. The van der Waals surface area contributed by atoms with Crippen molar-refractivity contribution in [2.45, 2.75) is 13.3 Å². The number of thiazole rings is 1. The molecule has 1 aliphatic heterocycles. The number of aryl methyl sites for hydroxylation is 1. The van der Waals surface area contributed by atoms with E-state index in [1.54, 1.807) is 4.90 Å². The van der Waals surface area contributed by atoms with E-state index in [1.807, 2.05) is 49.4 Å². The Morgan fingerprint density at radius 3 is 2.87 bits per heavy atom. The molecule has 2 aromatic carbocycles. The van der Waals surface area contributed by atoms with Crippen molar-refractivity contribution >= 4 is 48.5 Å². The Labute approximate surface area is 194 Å². The van der Waals surface area contributed by atoms with Crippen molar-refractivity contribution in [2.75, 3.05) is 50.9 Å². The number of nitrogens with zero attached hydrogens (tertiary/aromatic N) is 3. The highest BCUT2D eigenvalue weighted by atomic mass is 79.9. The van der Waals surface area contributed by atoms with Gasteiger partial charge in [0, 0.05) is 30.7 Å². The van der Waals surface area contributed by atoms with Crippen LogP contribution in [0.3, 0.4) is 0 Å². The van der Waals surface area contributed by atoms with Gasteiger partial charge in [-0.15, -0.1) is 0 Å². The monoisotopic (exact) mass is 503 g/mol. The SMILES string of the molecule is Cc1ccccc1OCC(=O)N(CCCN1CCOCC1)c1nc2ccc(Br)cc2s1. The van der Waals surface area contributed by atoms with E-state index in [-0.39, 0.29) is 12.5 Å². The number of para-hydroxylation sites is 1. The quantitative estimate of drug-likeness (QED) is 0.452. The predicted octanol–water partition coefficient (Wildman–Crippen LogP) is 4.50. The number of hydrogen-bond acceptors (Lipinski definition) is 6. The van der Waals surface area contributed by atoms with Crippen LogP contribution in [-0.2, 0) is 9.53 Å². The van der Waals surface area contributed by atoms with Crippen molar-refractivity contribution in [2.24, 2.45) is 0 Å². The maximum absolute atomic E-state index is 13.2. The lowest BCUT2D eigenvalue weighted by Gasteiger charge is -2.27. The van der Waals surface area contributed by atoms with Crippen LogP contribution in [0.1, 0.15) is 12.0 Å². The number of amides is 1. The Kier molecular flexibility index (Phi) is 7.55. The lowest BCUT2D eigenvalue weighted by molar-refractivity contribution is -0.120. The molecule has 3 aromatic rings. The second-order valence-electron chi connectivity index (χ2n) is 7.52. The molecule has 6 nitrogen and oxygen atoms in total. The highest BCUT2D eigenvalue weighted by Crippen LogP contribution is 2.31. The van der Waals surface area contributed by atoms with Crippen LogP contribution in [0.5, 0.6) is 5.75 Å². The minimum absolute atomic E-state index is 0.0119. The van der Waals surface area contributed by atoms with E-state index >= 15 is 0 Å². The van der Waals surface area contributed by atoms with Crippen molar-refractivity contribution in [3.8, 4) is 5.75 Å². The number of benzene rings is 2. The first-order chi connectivity index (χ1) is 15.1. The highest BCUT2D eigenvalue weighted by Gasteiger charge is 2.21. The van der Waals surface area contributed by atoms with Crippen LogP contribution < -0.4 is 9.64 Å². The molecule has 0 bridgehead atoms. The molecule has 0 radical (unpaired) electrons. The molecule has 4 rings (SSSR count). The molecule has 0 aliphatic carbocycles. The Balaban J connectivity index is 1.47. The molecule has 1 amide bonds. The van der Waals surface area contributed by atoms with E-state index in [9.17, 15) is 4.79 Å². The summed E-state index contributed by atoms with van der Waals surface area (Å²) >= 11 is 5.05. The number of anilines is 1. The number of ether oxygens (including phenoxy) is 2. The lowest BCUT2D eigenvalue weighted by Crippen LogP contribution is -2.40. The van der Waals surface area contributed by atoms with Crippen LogP contribution in [0.2, 0.25) is 0 Å². The summed E-state index contributed by atoms with van der Waals surface area (Å²) in [6.07, 6.45) is 0.871. The first kappa shape index (κ1) is 22.2. The van der Waals surface area contributed by atoms with Crippen molar-refractivity contribution in [3.05, 3.63) is 52.5 Å². The minimum Gasteiger partial charge on any atom is -0.483 e. The van der Waals surface area contributed by atoms with Gasteiger partial charge < -0.3 is 9.47 Å². The van der Waals surface area contributed by atoms with Crippen LogP contribution in [-0.4, -0.2) is 61.8 Å². The summed E-state index contributed by atoms with van der Waals surface area (Å²) in [6.45, 7) is 6.95. The van der Waals surface area contributed by atoms with Crippen LogP contribution in [0.4, 0.5) is 5.13 Å². The van der Waals surface area contributed by atoms with Crippen molar-refractivity contribution < 1.29 is 14.3 Å². The Morgan fingerprint density at radius 1 is 1.26 bits per heavy atom. The third-order valence-electron chi connectivity index (χ3n) is 5.28. The molecule has 1 aliphatic rings. The number of fused-ring (bicyclic) bond motifs is 1. The van der Waals surface area contributed by atoms with Gasteiger partial charge in [0.15, 0.2) is 11.7 Å². The van der Waals surface area contributed by atoms with Crippen molar-refractivity contribution in [1.29, 1.82) is 0 Å². The maximum atomic E-state index is 13.2. The summed E-state index contributed by atoms with van der Waals surface area (Å²) in [4.78, 5) is 22.1. The predicted molar refractivity (Wildman–Crippen MR) is 128 cm³/mol. The molecule has 0 unspecified atom stereocenters. The molecule has 0 atom stereocenters. The molecule has 0 spiro atoms. The molecule has 0 N–H and O–H groups in total. The van der Waals surface area contributed by atoms with Gasteiger partial charge in [-0.25, -0.2) is 4.98 Å². The number of rotatable bonds is 8. The topological polar surface area (TPSA) is 54.9 Å². The molecule has 0 saturated carbocycles. The van der Waals surface area contributed by atoms with Gasteiger partial charge in [-0.1, -0.05) is 45.5 Å². The zero-order valence-corrected chi connectivity index (χ0v) is 20.0. The summed E-state index contributed by atoms with van der Waals surface area (Å²) in [7, 11) is 0. The van der Waals surface area contributed by atoms with E-state index in [1.165, 1.54) is 11.3 Å². The maximum Gasteiger partial charge on any atom is 0.266 e.